The number of carbonyl (C=O) groups is 1. The molecule has 1 saturated heterocycles. The van der Waals surface area contributed by atoms with E-state index in [2.05, 4.69) is 27.1 Å². The maximum Gasteiger partial charge on any atom is 0.405 e. The van der Waals surface area contributed by atoms with Crippen LogP contribution in [0.25, 0.3) is 22.9 Å². The van der Waals surface area contributed by atoms with Crippen molar-refractivity contribution in [1.82, 2.24) is 19.8 Å². The zero-order valence-electron chi connectivity index (χ0n) is 20.1. The molecule has 1 aliphatic heterocycles. The highest BCUT2D eigenvalue weighted by molar-refractivity contribution is 7.07. The van der Waals surface area contributed by atoms with E-state index < -0.39 is 29.8 Å². The fourth-order valence-electron chi connectivity index (χ4n) is 3.74. The number of nitriles is 1. The van der Waals surface area contributed by atoms with Gasteiger partial charge < -0.3 is 24.9 Å². The Labute approximate surface area is 212 Å². The number of likely N-dealkylation sites (N-methyl/N-ethyl adjacent to an activating group) is 1. The molecule has 0 unspecified atom stereocenters. The van der Waals surface area contributed by atoms with Crippen molar-refractivity contribution in [2.45, 2.75) is 19.6 Å². The van der Waals surface area contributed by atoms with Crippen molar-refractivity contribution in [3.8, 4) is 6.07 Å². The van der Waals surface area contributed by atoms with Crippen LogP contribution in [0.1, 0.15) is 6.92 Å². The van der Waals surface area contributed by atoms with Gasteiger partial charge in [-0.3, -0.25) is 14.2 Å². The van der Waals surface area contributed by atoms with Crippen molar-refractivity contribution in [3.05, 3.63) is 37.7 Å². The molecular formula is C23H24F3N7O3S. The summed E-state index contributed by atoms with van der Waals surface area (Å²) in [5.41, 5.74) is 0.811. The Kier molecular flexibility index (Phi) is 7.55. The van der Waals surface area contributed by atoms with E-state index in [4.69, 9.17) is 4.42 Å². The number of thiazole rings is 1. The molecule has 37 heavy (non-hydrogen) atoms. The first-order chi connectivity index (χ1) is 17.6. The SMILES string of the molecule is CCn1c(=O)/c(=C/Nc2ccc3nc(N4CCN(C)CC4)oc3c2)s/c1=C(\C#N)C(=O)NCC(F)(F)F. The number of anilines is 2. The smallest absolute Gasteiger partial charge is 0.405 e. The van der Waals surface area contributed by atoms with E-state index in [0.717, 1.165) is 37.5 Å². The number of aromatic nitrogens is 2. The van der Waals surface area contributed by atoms with Crippen molar-refractivity contribution in [1.29, 1.82) is 5.26 Å². The molecule has 0 aliphatic carbocycles. The first kappa shape index (κ1) is 26.2. The topological polar surface area (TPSA) is 119 Å². The molecule has 0 atom stereocenters. The molecule has 1 fully saturated rings. The summed E-state index contributed by atoms with van der Waals surface area (Å²) in [6.07, 6.45) is -3.21. The van der Waals surface area contributed by atoms with E-state index in [-0.39, 0.29) is 15.7 Å². The number of carbonyl (C=O) groups excluding carboxylic acids is 1. The summed E-state index contributed by atoms with van der Waals surface area (Å²) in [6.45, 7) is 3.61. The highest BCUT2D eigenvalue weighted by atomic mass is 32.1. The Hall–Kier alpha value is -3.83. The lowest BCUT2D eigenvalue weighted by Gasteiger charge is -2.31. The Bertz CT molecular complexity index is 1530. The van der Waals surface area contributed by atoms with Gasteiger partial charge in [0.25, 0.3) is 17.5 Å². The lowest BCUT2D eigenvalue weighted by molar-refractivity contribution is -0.135. The molecule has 14 heteroatoms. The first-order valence-electron chi connectivity index (χ1n) is 11.4. The first-order valence-corrected chi connectivity index (χ1v) is 12.2. The van der Waals surface area contributed by atoms with Crippen LogP contribution >= 0.6 is 11.3 Å². The number of rotatable bonds is 6. The van der Waals surface area contributed by atoms with Gasteiger partial charge in [0.15, 0.2) is 11.2 Å². The van der Waals surface area contributed by atoms with E-state index in [0.29, 0.717) is 22.8 Å². The predicted octanol–water partition coefficient (Wildman–Crippen LogP) is 1.03. The van der Waals surface area contributed by atoms with E-state index in [9.17, 15) is 28.0 Å². The van der Waals surface area contributed by atoms with Gasteiger partial charge in [-0.1, -0.05) is 0 Å². The lowest BCUT2D eigenvalue weighted by Crippen LogP contribution is -2.44. The van der Waals surface area contributed by atoms with E-state index in [1.54, 1.807) is 36.5 Å². The van der Waals surface area contributed by atoms with Crippen LogP contribution in [0.15, 0.2) is 27.4 Å². The lowest BCUT2D eigenvalue weighted by atomic mass is 10.3. The Morgan fingerprint density at radius 1 is 1.30 bits per heavy atom. The number of alkyl halides is 3. The van der Waals surface area contributed by atoms with Gasteiger partial charge in [0.05, 0.1) is 0 Å². The van der Waals surface area contributed by atoms with Gasteiger partial charge in [-0.15, -0.1) is 11.3 Å². The minimum absolute atomic E-state index is 0.0229. The molecule has 0 bridgehead atoms. The zero-order valence-corrected chi connectivity index (χ0v) is 20.9. The number of nitrogens with one attached hydrogen (secondary N) is 2. The predicted molar refractivity (Wildman–Crippen MR) is 133 cm³/mol. The minimum Gasteiger partial charge on any atom is -0.423 e. The Balaban J connectivity index is 1.61. The monoisotopic (exact) mass is 535 g/mol. The number of piperazine rings is 1. The second-order valence-corrected chi connectivity index (χ2v) is 9.39. The number of nitrogens with zero attached hydrogens (tertiary/aromatic N) is 5. The van der Waals surface area contributed by atoms with Crippen LogP contribution in [0, 0.1) is 11.3 Å². The van der Waals surface area contributed by atoms with Crippen molar-refractivity contribution in [3.63, 3.8) is 0 Å². The van der Waals surface area contributed by atoms with E-state index >= 15 is 0 Å². The number of amides is 1. The van der Waals surface area contributed by atoms with Gasteiger partial charge in [0, 0.05) is 50.7 Å². The number of hydrogen-bond donors (Lipinski definition) is 2. The van der Waals surface area contributed by atoms with Crippen LogP contribution in [-0.2, 0) is 11.3 Å². The molecule has 4 rings (SSSR count). The van der Waals surface area contributed by atoms with Crippen LogP contribution in [0.5, 0.6) is 0 Å². The van der Waals surface area contributed by atoms with Gasteiger partial charge in [-0.2, -0.15) is 23.4 Å². The number of halogens is 3. The number of hydrogen-bond acceptors (Lipinski definition) is 9. The average molecular weight is 536 g/mol. The molecule has 1 amide bonds. The number of oxazole rings is 1. The highest BCUT2D eigenvalue weighted by Gasteiger charge is 2.29. The van der Waals surface area contributed by atoms with E-state index in [1.807, 2.05) is 0 Å². The van der Waals surface area contributed by atoms with Gasteiger partial charge in [-0.05, 0) is 26.1 Å². The van der Waals surface area contributed by atoms with Crippen LogP contribution in [0.3, 0.4) is 0 Å². The molecule has 1 aliphatic rings. The quantitative estimate of drug-likeness (QED) is 0.481. The normalized spacial score (nSPS) is 16.1. The second-order valence-electron chi connectivity index (χ2n) is 8.36. The summed E-state index contributed by atoms with van der Waals surface area (Å²) in [4.78, 5) is 33.9. The molecule has 2 N–H and O–H groups in total. The van der Waals surface area contributed by atoms with Crippen molar-refractivity contribution in [2.24, 2.45) is 0 Å². The number of benzene rings is 1. The summed E-state index contributed by atoms with van der Waals surface area (Å²) in [7, 11) is 2.06. The highest BCUT2D eigenvalue weighted by Crippen LogP contribution is 2.25. The van der Waals surface area contributed by atoms with Gasteiger partial charge in [-0.25, -0.2) is 0 Å². The van der Waals surface area contributed by atoms with Crippen LogP contribution in [-0.4, -0.2) is 66.3 Å². The summed E-state index contributed by atoms with van der Waals surface area (Å²) in [5, 5.41) is 14.1. The summed E-state index contributed by atoms with van der Waals surface area (Å²) in [5.74, 6) is -1.20. The van der Waals surface area contributed by atoms with Gasteiger partial charge in [0.1, 0.15) is 27.3 Å². The molecular weight excluding hydrogens is 511 g/mol. The summed E-state index contributed by atoms with van der Waals surface area (Å²) < 4.78 is 44.7. The molecule has 0 radical (unpaired) electrons. The molecule has 0 saturated carbocycles. The standard InChI is InChI=1S/C23H24F3N7O3S/c1-3-33-20(35)18(37-21(33)15(11-27)19(34)29-13-23(24,25)26)12-28-14-4-5-16-17(10-14)36-22(30-16)32-8-6-31(2)7-9-32/h4-5,10,12,28H,3,6-9,13H2,1-2H3,(H,29,34)/b18-12-,21-15+. The second kappa shape index (κ2) is 10.7. The van der Waals surface area contributed by atoms with Crippen LogP contribution < -0.4 is 30.3 Å². The molecule has 10 nitrogen and oxygen atoms in total. The zero-order chi connectivity index (χ0) is 26.7. The Morgan fingerprint density at radius 3 is 2.68 bits per heavy atom. The molecule has 0 spiro atoms. The summed E-state index contributed by atoms with van der Waals surface area (Å²) >= 11 is 0.835. The van der Waals surface area contributed by atoms with Crippen molar-refractivity contribution >= 4 is 51.8 Å². The Morgan fingerprint density at radius 2 is 2.03 bits per heavy atom. The van der Waals surface area contributed by atoms with Crippen LogP contribution in [0.4, 0.5) is 24.9 Å². The largest absolute Gasteiger partial charge is 0.423 e. The third-order valence-corrected chi connectivity index (χ3v) is 6.88. The maximum atomic E-state index is 12.8. The maximum absolute atomic E-state index is 12.8. The number of fused-ring (bicyclic) bond motifs is 1. The molecule has 3 heterocycles. The molecule has 196 valence electrons. The fraction of sp³-hybridized carbons (Fsp3) is 0.391. The van der Waals surface area contributed by atoms with E-state index in [1.165, 1.54) is 10.8 Å². The molecule has 1 aromatic carbocycles. The van der Waals surface area contributed by atoms with Crippen LogP contribution in [0.2, 0.25) is 0 Å². The van der Waals surface area contributed by atoms with Gasteiger partial charge in [0.2, 0.25) is 0 Å². The van der Waals surface area contributed by atoms with Crippen molar-refractivity contribution in [2.75, 3.05) is 50.0 Å². The molecule has 2 aromatic heterocycles. The third kappa shape index (κ3) is 5.95. The van der Waals surface area contributed by atoms with Crippen molar-refractivity contribution < 1.29 is 22.4 Å². The third-order valence-electron chi connectivity index (χ3n) is 5.75. The minimum atomic E-state index is -4.63. The molecule has 3 aromatic rings. The summed E-state index contributed by atoms with van der Waals surface area (Å²) in [6, 6.07) is 7.45. The fourth-order valence-corrected chi connectivity index (χ4v) is 4.83. The van der Waals surface area contributed by atoms with Gasteiger partial charge >= 0.3 is 6.18 Å². The average Bonchev–Trinajstić information content (AvgIpc) is 3.42.